The van der Waals surface area contributed by atoms with Gasteiger partial charge in [0.1, 0.15) is 5.76 Å². The third-order valence-corrected chi connectivity index (χ3v) is 3.91. The summed E-state index contributed by atoms with van der Waals surface area (Å²) >= 11 is 0. The highest BCUT2D eigenvalue weighted by molar-refractivity contribution is 5.88. The van der Waals surface area contributed by atoms with Crippen LogP contribution in [0.25, 0.3) is 0 Å². The molecule has 0 aromatic heterocycles. The molecule has 4 heteroatoms. The van der Waals surface area contributed by atoms with Crippen LogP contribution in [0.3, 0.4) is 0 Å². The van der Waals surface area contributed by atoms with Gasteiger partial charge in [-0.1, -0.05) is 57.3 Å². The van der Waals surface area contributed by atoms with Crippen LogP contribution in [0, 0.1) is 5.92 Å². The second kappa shape index (κ2) is 12.6. The lowest BCUT2D eigenvalue weighted by Gasteiger charge is -2.07. The molecule has 1 aromatic rings. The van der Waals surface area contributed by atoms with Crippen LogP contribution in [0.5, 0.6) is 0 Å². The Bertz CT molecular complexity index is 780. The SMILES string of the molecule is C=C(C)C(=O)OCCCc1ccc(C/C=C\C(=C/C(C)C)OC(=O)C(=C)C)cc1. The summed E-state index contributed by atoms with van der Waals surface area (Å²) in [7, 11) is 0. The zero-order valence-corrected chi connectivity index (χ0v) is 18.0. The first-order chi connectivity index (χ1) is 13.7. The number of ether oxygens (including phenoxy) is 2. The number of carbonyl (C=O) groups is 2. The predicted molar refractivity (Wildman–Crippen MR) is 117 cm³/mol. The van der Waals surface area contributed by atoms with Gasteiger partial charge in [-0.25, -0.2) is 9.59 Å². The number of aryl methyl sites for hydroxylation is 1. The summed E-state index contributed by atoms with van der Waals surface area (Å²) in [6, 6.07) is 8.31. The number of rotatable bonds is 11. The molecule has 0 saturated heterocycles. The molecule has 0 aliphatic rings. The Balaban J connectivity index is 2.54. The van der Waals surface area contributed by atoms with Crippen molar-refractivity contribution in [3.63, 3.8) is 0 Å². The Kier molecular flexibility index (Phi) is 10.5. The van der Waals surface area contributed by atoms with Crippen LogP contribution in [-0.2, 0) is 31.9 Å². The number of hydrogen-bond donors (Lipinski definition) is 0. The maximum Gasteiger partial charge on any atom is 0.338 e. The minimum atomic E-state index is -0.417. The van der Waals surface area contributed by atoms with E-state index in [4.69, 9.17) is 9.47 Å². The van der Waals surface area contributed by atoms with Crippen molar-refractivity contribution in [3.05, 3.63) is 83.7 Å². The molecule has 0 radical (unpaired) electrons. The molecule has 1 aromatic carbocycles. The predicted octanol–water partition coefficient (Wildman–Crippen LogP) is 5.50. The van der Waals surface area contributed by atoms with Gasteiger partial charge in [0, 0.05) is 11.1 Å². The Hall–Kier alpha value is -2.88. The van der Waals surface area contributed by atoms with Crippen molar-refractivity contribution < 1.29 is 19.1 Å². The number of hydrogen-bond acceptors (Lipinski definition) is 4. The van der Waals surface area contributed by atoms with Crippen molar-refractivity contribution in [2.75, 3.05) is 6.61 Å². The van der Waals surface area contributed by atoms with E-state index in [1.54, 1.807) is 13.8 Å². The van der Waals surface area contributed by atoms with Crippen molar-refractivity contribution in [3.8, 4) is 0 Å². The summed E-state index contributed by atoms with van der Waals surface area (Å²) in [4.78, 5) is 23.1. The van der Waals surface area contributed by atoms with Crippen LogP contribution in [0.4, 0.5) is 0 Å². The molecule has 29 heavy (non-hydrogen) atoms. The largest absolute Gasteiger partial charge is 0.462 e. The highest BCUT2D eigenvalue weighted by atomic mass is 16.5. The fourth-order valence-corrected chi connectivity index (χ4v) is 2.36. The minimum absolute atomic E-state index is 0.265. The molecule has 0 atom stereocenters. The number of carbonyl (C=O) groups excluding carboxylic acids is 2. The van der Waals surface area contributed by atoms with E-state index in [0.29, 0.717) is 23.5 Å². The van der Waals surface area contributed by atoms with E-state index < -0.39 is 5.97 Å². The van der Waals surface area contributed by atoms with E-state index >= 15 is 0 Å². The molecule has 0 fully saturated rings. The fraction of sp³-hybridized carbons (Fsp3) is 0.360. The van der Waals surface area contributed by atoms with Crippen molar-refractivity contribution in [2.45, 2.75) is 47.0 Å². The molecule has 0 saturated carbocycles. The molecule has 0 unspecified atom stereocenters. The van der Waals surface area contributed by atoms with E-state index in [9.17, 15) is 9.59 Å². The first-order valence-corrected chi connectivity index (χ1v) is 9.85. The number of esters is 2. The van der Waals surface area contributed by atoms with Gasteiger partial charge in [-0.2, -0.15) is 0 Å². The van der Waals surface area contributed by atoms with E-state index in [-0.39, 0.29) is 11.9 Å². The van der Waals surface area contributed by atoms with Gasteiger partial charge < -0.3 is 9.47 Å². The lowest BCUT2D eigenvalue weighted by molar-refractivity contribution is -0.139. The third-order valence-electron chi connectivity index (χ3n) is 3.91. The van der Waals surface area contributed by atoms with Gasteiger partial charge >= 0.3 is 11.9 Å². The van der Waals surface area contributed by atoms with Crippen molar-refractivity contribution in [1.29, 1.82) is 0 Å². The Morgan fingerprint density at radius 3 is 2.14 bits per heavy atom. The third kappa shape index (κ3) is 10.3. The summed E-state index contributed by atoms with van der Waals surface area (Å²) in [5, 5.41) is 0. The minimum Gasteiger partial charge on any atom is -0.462 e. The molecule has 0 N–H and O–H groups in total. The standard InChI is InChI=1S/C25H32O4/c1-18(2)17-23(29-25(27)20(5)6)11-7-9-21-12-14-22(15-13-21)10-8-16-28-24(26)19(3)4/h7,11-15,17-18H,3,5,8-10,16H2,1-2,4,6H3/b11-7-,23-17+. The molecule has 156 valence electrons. The van der Waals surface area contributed by atoms with Gasteiger partial charge in [-0.3, -0.25) is 0 Å². The molecular weight excluding hydrogens is 364 g/mol. The molecule has 4 nitrogen and oxygen atoms in total. The first kappa shape index (κ1) is 24.2. The van der Waals surface area contributed by atoms with Crippen LogP contribution in [0.2, 0.25) is 0 Å². The summed E-state index contributed by atoms with van der Waals surface area (Å²) in [5.74, 6) is 0.0437. The lowest BCUT2D eigenvalue weighted by atomic mass is 10.1. The molecular formula is C25H32O4. The summed E-state index contributed by atoms with van der Waals surface area (Å²) in [5.41, 5.74) is 3.15. The normalized spacial score (nSPS) is 11.6. The topological polar surface area (TPSA) is 52.6 Å². The smallest absolute Gasteiger partial charge is 0.338 e. The van der Waals surface area contributed by atoms with Crippen molar-refractivity contribution >= 4 is 11.9 Å². The van der Waals surface area contributed by atoms with Crippen molar-refractivity contribution in [2.24, 2.45) is 5.92 Å². The monoisotopic (exact) mass is 396 g/mol. The molecule has 0 aliphatic heterocycles. The van der Waals surface area contributed by atoms with Gasteiger partial charge in [-0.05, 0) is 62.3 Å². The van der Waals surface area contributed by atoms with E-state index in [1.807, 2.05) is 32.1 Å². The molecule has 0 heterocycles. The Morgan fingerprint density at radius 2 is 1.59 bits per heavy atom. The van der Waals surface area contributed by atoms with Crippen LogP contribution in [0.15, 0.2) is 72.6 Å². The Morgan fingerprint density at radius 1 is 1.00 bits per heavy atom. The van der Waals surface area contributed by atoms with Gasteiger partial charge in [0.2, 0.25) is 0 Å². The fourth-order valence-electron chi connectivity index (χ4n) is 2.36. The highest BCUT2D eigenvalue weighted by Crippen LogP contribution is 2.12. The van der Waals surface area contributed by atoms with E-state index in [2.05, 4.69) is 37.4 Å². The highest BCUT2D eigenvalue weighted by Gasteiger charge is 2.06. The zero-order chi connectivity index (χ0) is 21.8. The average Bonchev–Trinajstić information content (AvgIpc) is 2.65. The maximum absolute atomic E-state index is 11.8. The number of benzene rings is 1. The second-order valence-electron chi connectivity index (χ2n) is 7.43. The molecule has 0 amide bonds. The van der Waals surface area contributed by atoms with Gasteiger partial charge in [0.15, 0.2) is 0 Å². The summed E-state index contributed by atoms with van der Waals surface area (Å²) in [6.45, 7) is 14.9. The quantitative estimate of drug-likeness (QED) is 0.163. The number of allylic oxidation sites excluding steroid dienone is 3. The first-order valence-electron chi connectivity index (χ1n) is 9.85. The molecule has 0 bridgehead atoms. The van der Waals surface area contributed by atoms with Crippen molar-refractivity contribution in [1.82, 2.24) is 0 Å². The maximum atomic E-state index is 11.8. The molecule has 0 aliphatic carbocycles. The van der Waals surface area contributed by atoms with E-state index in [1.165, 1.54) is 5.56 Å². The zero-order valence-electron chi connectivity index (χ0n) is 18.0. The van der Waals surface area contributed by atoms with Gasteiger partial charge in [0.05, 0.1) is 6.61 Å². The van der Waals surface area contributed by atoms with Crippen LogP contribution >= 0.6 is 0 Å². The molecule has 0 spiro atoms. The van der Waals surface area contributed by atoms with Crippen LogP contribution in [0.1, 0.15) is 45.2 Å². The van der Waals surface area contributed by atoms with Crippen LogP contribution < -0.4 is 0 Å². The average molecular weight is 397 g/mol. The summed E-state index contributed by atoms with van der Waals surface area (Å²) < 4.78 is 10.5. The molecule has 1 rings (SSSR count). The van der Waals surface area contributed by atoms with Crippen LogP contribution in [-0.4, -0.2) is 18.5 Å². The lowest BCUT2D eigenvalue weighted by Crippen LogP contribution is -2.06. The second-order valence-corrected chi connectivity index (χ2v) is 7.43. The Labute approximate surface area is 174 Å². The van der Waals surface area contributed by atoms with Gasteiger partial charge in [0.25, 0.3) is 0 Å². The van der Waals surface area contributed by atoms with Gasteiger partial charge in [-0.15, -0.1) is 0 Å². The van der Waals surface area contributed by atoms with E-state index in [0.717, 1.165) is 24.8 Å². The summed E-state index contributed by atoms with van der Waals surface area (Å²) in [6.07, 6.45) is 8.06.